The molecule has 7 heteroatoms. The van der Waals surface area contributed by atoms with Gasteiger partial charge in [-0.2, -0.15) is 0 Å². The largest absolute Gasteiger partial charge is 0.477 e. The van der Waals surface area contributed by atoms with E-state index in [9.17, 15) is 27.5 Å². The lowest BCUT2D eigenvalue weighted by Gasteiger charge is -2.37. The molecule has 2 nitrogen and oxygen atoms in total. The van der Waals surface area contributed by atoms with Crippen LogP contribution in [0.5, 0.6) is 0 Å². The van der Waals surface area contributed by atoms with Crippen molar-refractivity contribution in [3.63, 3.8) is 0 Å². The number of carboxylic acids is 1. The van der Waals surface area contributed by atoms with E-state index in [1.54, 1.807) is 0 Å². The summed E-state index contributed by atoms with van der Waals surface area (Å²) in [6, 6.07) is 2.21. The van der Waals surface area contributed by atoms with Crippen molar-refractivity contribution in [2.24, 2.45) is 17.8 Å². The highest BCUT2D eigenvalue weighted by Crippen LogP contribution is 2.46. The molecular weight excluding hydrogens is 439 g/mol. The molecule has 2 saturated carbocycles. The minimum atomic E-state index is -1.82. The van der Waals surface area contributed by atoms with Crippen LogP contribution in [0, 0.1) is 46.8 Å². The zero-order valence-electron chi connectivity index (χ0n) is 18.4. The van der Waals surface area contributed by atoms with Gasteiger partial charge in [0.15, 0.2) is 17.5 Å². The molecule has 2 aliphatic carbocycles. The van der Waals surface area contributed by atoms with Gasteiger partial charge in [-0.25, -0.2) is 26.7 Å². The predicted octanol–water partition coefficient (Wildman–Crippen LogP) is 7.85. The number of rotatable bonds is 4. The number of carboxylic acid groups (broad SMARTS) is 1. The van der Waals surface area contributed by atoms with Crippen molar-refractivity contribution in [2.45, 2.75) is 64.2 Å². The average Bonchev–Trinajstić information content (AvgIpc) is 2.77. The van der Waals surface area contributed by atoms with Crippen LogP contribution in [0.3, 0.4) is 0 Å². The molecular formula is C26H27F5O2. The van der Waals surface area contributed by atoms with Gasteiger partial charge in [-0.05, 0) is 91.5 Å². The molecule has 0 aromatic heterocycles. The second-order valence-corrected chi connectivity index (χ2v) is 9.70. The van der Waals surface area contributed by atoms with E-state index < -0.39 is 40.6 Å². The van der Waals surface area contributed by atoms with Crippen LogP contribution in [0.25, 0.3) is 11.1 Å². The fourth-order valence-electron chi connectivity index (χ4n) is 5.81. The number of hydrogen-bond acceptors (Lipinski definition) is 1. The van der Waals surface area contributed by atoms with Crippen LogP contribution in [-0.2, 0) is 0 Å². The maximum absolute atomic E-state index is 15.3. The van der Waals surface area contributed by atoms with Crippen LogP contribution in [0.4, 0.5) is 22.0 Å². The van der Waals surface area contributed by atoms with E-state index in [1.165, 1.54) is 25.7 Å². The number of aromatic carboxylic acids is 1. The highest BCUT2D eigenvalue weighted by molar-refractivity contribution is 5.91. The van der Waals surface area contributed by atoms with Crippen LogP contribution in [0.2, 0.25) is 0 Å². The zero-order valence-corrected chi connectivity index (χ0v) is 18.4. The Morgan fingerprint density at radius 1 is 0.758 bits per heavy atom. The van der Waals surface area contributed by atoms with Crippen LogP contribution < -0.4 is 0 Å². The summed E-state index contributed by atoms with van der Waals surface area (Å²) < 4.78 is 71.3. The Morgan fingerprint density at radius 2 is 1.27 bits per heavy atom. The van der Waals surface area contributed by atoms with E-state index in [1.807, 2.05) is 0 Å². The fourth-order valence-corrected chi connectivity index (χ4v) is 5.81. The van der Waals surface area contributed by atoms with Gasteiger partial charge in [0.1, 0.15) is 17.2 Å². The number of benzene rings is 2. The Balaban J connectivity index is 1.69. The number of halogens is 5. The van der Waals surface area contributed by atoms with E-state index >= 15 is 4.39 Å². The lowest BCUT2D eigenvalue weighted by atomic mass is 9.68. The third kappa shape index (κ3) is 4.64. The molecule has 0 saturated heterocycles. The maximum Gasteiger partial charge on any atom is 0.341 e. The molecule has 0 atom stereocenters. The van der Waals surface area contributed by atoms with Crippen LogP contribution in [0.1, 0.15) is 80.1 Å². The molecule has 4 rings (SSSR count). The Kier molecular flexibility index (Phi) is 6.78. The van der Waals surface area contributed by atoms with Gasteiger partial charge < -0.3 is 5.11 Å². The normalized spacial score (nSPS) is 25.8. The molecule has 1 N–H and O–H groups in total. The number of hydrogen-bond donors (Lipinski definition) is 1. The summed E-state index contributed by atoms with van der Waals surface area (Å²) in [6.45, 7) is 2.26. The lowest BCUT2D eigenvalue weighted by Crippen LogP contribution is -2.25. The molecule has 0 heterocycles. The summed E-state index contributed by atoms with van der Waals surface area (Å²) >= 11 is 0. The van der Waals surface area contributed by atoms with Gasteiger partial charge in [0.05, 0.1) is 0 Å². The maximum atomic E-state index is 15.3. The van der Waals surface area contributed by atoms with Crippen molar-refractivity contribution in [1.82, 2.24) is 0 Å². The van der Waals surface area contributed by atoms with Gasteiger partial charge in [0, 0.05) is 5.56 Å². The molecule has 2 aliphatic rings. The van der Waals surface area contributed by atoms with Gasteiger partial charge in [0.2, 0.25) is 0 Å². The quantitative estimate of drug-likeness (QED) is 0.368. The van der Waals surface area contributed by atoms with Gasteiger partial charge >= 0.3 is 5.97 Å². The van der Waals surface area contributed by atoms with Gasteiger partial charge in [-0.3, -0.25) is 0 Å². The third-order valence-corrected chi connectivity index (χ3v) is 7.67. The van der Waals surface area contributed by atoms with E-state index in [4.69, 9.17) is 0 Å². The molecule has 33 heavy (non-hydrogen) atoms. The molecule has 178 valence electrons. The Hall–Kier alpha value is -2.44. The minimum absolute atomic E-state index is 0.177. The summed E-state index contributed by atoms with van der Waals surface area (Å²) in [7, 11) is 0. The molecule has 0 aliphatic heterocycles. The zero-order chi connectivity index (χ0) is 23.9. The Labute approximate surface area is 189 Å². The van der Waals surface area contributed by atoms with Crippen LogP contribution >= 0.6 is 0 Å². The summed E-state index contributed by atoms with van der Waals surface area (Å²) in [5.41, 5.74) is -1.73. The lowest BCUT2D eigenvalue weighted by molar-refractivity contribution is 0.0686. The van der Waals surface area contributed by atoms with Crippen LogP contribution in [0.15, 0.2) is 18.2 Å². The third-order valence-electron chi connectivity index (χ3n) is 7.67. The SMILES string of the molecule is CC1CCC(C2CCC(c3cc(F)c(C(=O)O)c(F)c3-c3cc(F)c(F)c(F)c3)CC2)CC1. The first-order valence-electron chi connectivity index (χ1n) is 11.6. The first-order valence-corrected chi connectivity index (χ1v) is 11.6. The van der Waals surface area contributed by atoms with Crippen molar-refractivity contribution in [1.29, 1.82) is 0 Å². The molecule has 0 radical (unpaired) electrons. The predicted molar refractivity (Wildman–Crippen MR) is 114 cm³/mol. The van der Waals surface area contributed by atoms with E-state index in [2.05, 4.69) is 6.92 Å². The molecule has 2 fully saturated rings. The van der Waals surface area contributed by atoms with Crippen molar-refractivity contribution < 1.29 is 31.9 Å². The minimum Gasteiger partial charge on any atom is -0.477 e. The smallest absolute Gasteiger partial charge is 0.341 e. The van der Waals surface area contributed by atoms with Gasteiger partial charge in [0.25, 0.3) is 0 Å². The molecule has 0 unspecified atom stereocenters. The fraction of sp³-hybridized carbons (Fsp3) is 0.500. The standard InChI is InChI=1S/C26H27F5O2/c1-13-2-4-14(5-3-13)15-6-8-16(9-7-15)18-12-19(27)23(26(32)33)25(31)22(18)17-10-20(28)24(30)21(29)11-17/h10-16H,2-9H2,1H3,(H,32,33). The topological polar surface area (TPSA) is 37.3 Å². The molecule has 0 spiro atoms. The summed E-state index contributed by atoms with van der Waals surface area (Å²) in [5.74, 6) is -7.57. The van der Waals surface area contributed by atoms with E-state index in [0.29, 0.717) is 36.8 Å². The molecule has 2 aromatic carbocycles. The Morgan fingerprint density at radius 3 is 1.79 bits per heavy atom. The highest BCUT2D eigenvalue weighted by Gasteiger charge is 2.34. The molecule has 0 bridgehead atoms. The molecule has 2 aromatic rings. The second kappa shape index (κ2) is 9.43. The number of carbonyl (C=O) groups is 1. The Bertz CT molecular complexity index is 1030. The van der Waals surface area contributed by atoms with Crippen molar-refractivity contribution in [2.75, 3.05) is 0 Å². The van der Waals surface area contributed by atoms with Gasteiger partial charge in [-0.1, -0.05) is 19.8 Å². The summed E-state index contributed by atoms with van der Waals surface area (Å²) in [6.07, 6.45) is 7.83. The van der Waals surface area contributed by atoms with Crippen LogP contribution in [-0.4, -0.2) is 11.1 Å². The second-order valence-electron chi connectivity index (χ2n) is 9.70. The van der Waals surface area contributed by atoms with E-state index in [0.717, 1.165) is 24.8 Å². The van der Waals surface area contributed by atoms with Crippen molar-refractivity contribution in [3.8, 4) is 11.1 Å². The van der Waals surface area contributed by atoms with Crippen molar-refractivity contribution in [3.05, 3.63) is 58.4 Å². The first-order chi connectivity index (χ1) is 15.7. The average molecular weight is 466 g/mol. The molecule has 0 amide bonds. The highest BCUT2D eigenvalue weighted by atomic mass is 19.2. The first kappa shape index (κ1) is 23.7. The van der Waals surface area contributed by atoms with Crippen molar-refractivity contribution >= 4 is 5.97 Å². The van der Waals surface area contributed by atoms with Gasteiger partial charge in [-0.15, -0.1) is 0 Å². The summed E-state index contributed by atoms with van der Waals surface area (Å²) in [5, 5.41) is 9.28. The monoisotopic (exact) mass is 466 g/mol. The van der Waals surface area contributed by atoms with E-state index in [-0.39, 0.29) is 22.6 Å². The summed E-state index contributed by atoms with van der Waals surface area (Å²) in [4.78, 5) is 11.5.